The number of halogens is 5. The van der Waals surface area contributed by atoms with Gasteiger partial charge in [0.05, 0.1) is 12.6 Å². The van der Waals surface area contributed by atoms with E-state index in [-0.39, 0.29) is 53.4 Å². The summed E-state index contributed by atoms with van der Waals surface area (Å²) in [5.74, 6) is -1.35. The van der Waals surface area contributed by atoms with Crippen molar-refractivity contribution < 1.29 is 36.2 Å². The van der Waals surface area contributed by atoms with Gasteiger partial charge in [-0.1, -0.05) is 6.07 Å². The number of benzene rings is 2. The third-order valence-corrected chi connectivity index (χ3v) is 6.03. The molecule has 7 nitrogen and oxygen atoms in total. The van der Waals surface area contributed by atoms with Crippen LogP contribution in [0.2, 0.25) is 0 Å². The van der Waals surface area contributed by atoms with Crippen molar-refractivity contribution in [1.29, 1.82) is 0 Å². The fourth-order valence-electron chi connectivity index (χ4n) is 3.63. The number of carbonyl (C=O) groups is 1. The van der Waals surface area contributed by atoms with E-state index in [1.165, 1.54) is 36.2 Å². The second kappa shape index (κ2) is 12.5. The number of rotatable bonds is 11. The predicted molar refractivity (Wildman–Crippen MR) is 134 cm³/mol. The molecule has 1 aromatic heterocycles. The molecule has 1 N–H and O–H groups in total. The van der Waals surface area contributed by atoms with Gasteiger partial charge in [0.2, 0.25) is 5.89 Å². The molecule has 0 saturated heterocycles. The number of carbonyl (C=O) groups excluding carboxylic acids is 1. The van der Waals surface area contributed by atoms with Crippen molar-refractivity contribution in [2.24, 2.45) is 5.92 Å². The van der Waals surface area contributed by atoms with Crippen molar-refractivity contribution in [3.63, 3.8) is 0 Å². The molecule has 1 heterocycles. The van der Waals surface area contributed by atoms with Crippen LogP contribution >= 0.6 is 12.4 Å². The van der Waals surface area contributed by atoms with E-state index in [9.17, 15) is 22.4 Å². The first-order valence-corrected chi connectivity index (χ1v) is 11.8. The first-order valence-electron chi connectivity index (χ1n) is 11.8. The van der Waals surface area contributed by atoms with Crippen molar-refractivity contribution in [1.82, 2.24) is 15.2 Å². The zero-order valence-corrected chi connectivity index (χ0v) is 21.8. The monoisotopic (exact) mass is 557 g/mol. The van der Waals surface area contributed by atoms with Crippen molar-refractivity contribution in [2.45, 2.75) is 39.0 Å². The van der Waals surface area contributed by atoms with Crippen molar-refractivity contribution in [3.05, 3.63) is 65.1 Å². The molecular formula is C26H28ClF4N3O4. The van der Waals surface area contributed by atoms with Crippen LogP contribution in [-0.2, 0) is 6.54 Å². The number of hydrogen-bond acceptors (Lipinski definition) is 6. The van der Waals surface area contributed by atoms with Crippen molar-refractivity contribution in [2.75, 3.05) is 20.7 Å². The number of ether oxygens (including phenoxy) is 2. The van der Waals surface area contributed by atoms with Crippen LogP contribution < -0.4 is 14.8 Å². The van der Waals surface area contributed by atoms with Crippen LogP contribution in [0.25, 0.3) is 11.5 Å². The molecule has 38 heavy (non-hydrogen) atoms. The minimum atomic E-state index is -3.02. The Morgan fingerprint density at radius 3 is 2.55 bits per heavy atom. The molecule has 12 heteroatoms. The topological polar surface area (TPSA) is 76.8 Å². The van der Waals surface area contributed by atoms with Crippen molar-refractivity contribution in [3.8, 4) is 23.0 Å². The summed E-state index contributed by atoms with van der Waals surface area (Å²) in [6.45, 7) is -1.01. The average Bonchev–Trinajstić information content (AvgIpc) is 3.59. The van der Waals surface area contributed by atoms with Crippen molar-refractivity contribution >= 4 is 18.3 Å². The van der Waals surface area contributed by atoms with Gasteiger partial charge in [0.1, 0.15) is 11.6 Å². The molecule has 4 rings (SSSR count). The Labute approximate surface area is 223 Å². The number of nitrogens with one attached hydrogen (secondary N) is 1. The number of alkyl halides is 2. The Bertz CT molecular complexity index is 1270. The summed E-state index contributed by atoms with van der Waals surface area (Å²) < 4.78 is 69.4. The van der Waals surface area contributed by atoms with Gasteiger partial charge in [0.15, 0.2) is 23.0 Å². The van der Waals surface area contributed by atoms with Gasteiger partial charge in [-0.3, -0.25) is 4.79 Å². The molecule has 1 fully saturated rings. The highest BCUT2D eigenvalue weighted by atomic mass is 35.5. The standard InChI is InChI=1S/C26H27F4N3O4.ClH/c1-14(31-2)23-22(25(34)33(3)12-17-6-8-18(27)11-19(17)28)32-24(37-23)16-7-9-20(36-26(29)30)21(10-16)35-13-15-4-5-15;/h6-11,14-15,26,31H,4-5,12-13H2,1-3H3;1H/t14-;/m0./s1. The summed E-state index contributed by atoms with van der Waals surface area (Å²) in [5.41, 5.74) is 0.523. The maximum absolute atomic E-state index is 14.1. The molecule has 0 bridgehead atoms. The van der Waals surface area contributed by atoms with E-state index in [1.54, 1.807) is 14.0 Å². The molecule has 1 aliphatic rings. The molecular weight excluding hydrogens is 530 g/mol. The van der Waals surface area contributed by atoms with Gasteiger partial charge in [0.25, 0.3) is 5.91 Å². The van der Waals surface area contributed by atoms with Crippen LogP contribution in [0.4, 0.5) is 17.6 Å². The molecule has 1 saturated carbocycles. The maximum Gasteiger partial charge on any atom is 0.387 e. The molecule has 1 aliphatic carbocycles. The predicted octanol–water partition coefficient (Wildman–Crippen LogP) is 5.98. The van der Waals surface area contributed by atoms with Crippen LogP contribution in [0.1, 0.15) is 47.6 Å². The van der Waals surface area contributed by atoms with Gasteiger partial charge in [-0.15, -0.1) is 12.4 Å². The number of amides is 1. The Balaban J connectivity index is 0.00000400. The van der Waals surface area contributed by atoms with E-state index in [4.69, 9.17) is 9.15 Å². The lowest BCUT2D eigenvalue weighted by Gasteiger charge is -2.18. The lowest BCUT2D eigenvalue weighted by Crippen LogP contribution is -2.29. The highest BCUT2D eigenvalue weighted by molar-refractivity contribution is 5.93. The zero-order chi connectivity index (χ0) is 26.7. The fraction of sp³-hybridized carbons (Fsp3) is 0.385. The smallest absolute Gasteiger partial charge is 0.387 e. The molecule has 1 amide bonds. The van der Waals surface area contributed by atoms with E-state index < -0.39 is 30.2 Å². The largest absolute Gasteiger partial charge is 0.489 e. The SMILES string of the molecule is CN[C@@H](C)c1oc(-c2ccc(OC(F)F)c(OCC3CC3)c2)nc1C(=O)N(C)Cc1ccc(F)cc1F.Cl. The van der Waals surface area contributed by atoms with Gasteiger partial charge in [-0.25, -0.2) is 13.8 Å². The number of nitrogens with zero attached hydrogens (tertiary/aromatic N) is 2. The quantitative estimate of drug-likeness (QED) is 0.292. The Morgan fingerprint density at radius 1 is 1.18 bits per heavy atom. The van der Waals surface area contributed by atoms with Crippen LogP contribution in [0.5, 0.6) is 11.5 Å². The minimum Gasteiger partial charge on any atom is -0.489 e. The molecule has 0 spiro atoms. The van der Waals surface area contributed by atoms with Crippen LogP contribution in [0, 0.1) is 17.6 Å². The first-order chi connectivity index (χ1) is 17.7. The summed E-state index contributed by atoms with van der Waals surface area (Å²) in [6, 6.07) is 7.01. The van der Waals surface area contributed by atoms with E-state index in [0.29, 0.717) is 18.1 Å². The van der Waals surface area contributed by atoms with E-state index in [1.807, 2.05) is 0 Å². The normalized spacial score (nSPS) is 13.7. The summed E-state index contributed by atoms with van der Waals surface area (Å²) in [6.07, 6.45) is 2.02. The third kappa shape index (κ3) is 6.96. The van der Waals surface area contributed by atoms with Gasteiger partial charge in [-0.05, 0) is 57.0 Å². The summed E-state index contributed by atoms with van der Waals surface area (Å²) in [7, 11) is 3.15. The van der Waals surface area contributed by atoms with Crippen LogP contribution in [-0.4, -0.2) is 43.1 Å². The summed E-state index contributed by atoms with van der Waals surface area (Å²) in [5, 5.41) is 2.99. The summed E-state index contributed by atoms with van der Waals surface area (Å²) in [4.78, 5) is 18.9. The Kier molecular flexibility index (Phi) is 9.61. The van der Waals surface area contributed by atoms with Gasteiger partial charge in [0, 0.05) is 30.8 Å². The highest BCUT2D eigenvalue weighted by Gasteiger charge is 2.28. The molecule has 1 atom stereocenters. The number of oxazole rings is 1. The third-order valence-electron chi connectivity index (χ3n) is 6.03. The molecule has 0 aliphatic heterocycles. The molecule has 3 aromatic rings. The van der Waals surface area contributed by atoms with E-state index >= 15 is 0 Å². The molecule has 0 radical (unpaired) electrons. The second-order valence-electron chi connectivity index (χ2n) is 8.93. The molecule has 2 aromatic carbocycles. The molecule has 0 unspecified atom stereocenters. The van der Waals surface area contributed by atoms with Crippen LogP contribution in [0.15, 0.2) is 40.8 Å². The zero-order valence-electron chi connectivity index (χ0n) is 21.0. The minimum absolute atomic E-state index is 0. The van der Waals surface area contributed by atoms with Gasteiger partial charge >= 0.3 is 6.61 Å². The Hall–Kier alpha value is -3.31. The van der Waals surface area contributed by atoms with Crippen LogP contribution in [0.3, 0.4) is 0 Å². The lowest BCUT2D eigenvalue weighted by atomic mass is 10.1. The lowest BCUT2D eigenvalue weighted by molar-refractivity contribution is -0.0515. The molecule has 206 valence electrons. The second-order valence-corrected chi connectivity index (χ2v) is 8.93. The fourth-order valence-corrected chi connectivity index (χ4v) is 3.63. The number of hydrogen-bond donors (Lipinski definition) is 1. The van der Waals surface area contributed by atoms with Gasteiger partial charge in [-0.2, -0.15) is 8.78 Å². The Morgan fingerprint density at radius 2 is 1.92 bits per heavy atom. The maximum atomic E-state index is 14.1. The average molecular weight is 558 g/mol. The van der Waals surface area contributed by atoms with E-state index in [2.05, 4.69) is 15.0 Å². The van der Waals surface area contributed by atoms with Gasteiger partial charge < -0.3 is 24.1 Å². The summed E-state index contributed by atoms with van der Waals surface area (Å²) >= 11 is 0. The number of aromatic nitrogens is 1. The van der Waals surface area contributed by atoms with E-state index in [0.717, 1.165) is 25.0 Å². The first kappa shape index (κ1) is 29.2. The highest BCUT2D eigenvalue weighted by Crippen LogP contribution is 2.37.